The van der Waals surface area contributed by atoms with Crippen LogP contribution in [0.25, 0.3) is 0 Å². The highest BCUT2D eigenvalue weighted by Gasteiger charge is 2.19. The molecule has 2 rings (SSSR count). The van der Waals surface area contributed by atoms with Crippen molar-refractivity contribution in [3.8, 4) is 0 Å². The third kappa shape index (κ3) is 3.25. The van der Waals surface area contributed by atoms with Crippen molar-refractivity contribution in [1.29, 1.82) is 0 Å². The Kier molecular flexibility index (Phi) is 4.90. The Hall–Kier alpha value is -0.830. The van der Waals surface area contributed by atoms with Crippen LogP contribution in [-0.4, -0.2) is 5.11 Å². The van der Waals surface area contributed by atoms with Gasteiger partial charge in [0.25, 0.3) is 0 Å². The zero-order chi connectivity index (χ0) is 14.9. The molecule has 0 aliphatic rings. The lowest BCUT2D eigenvalue weighted by molar-refractivity contribution is 0.222. The monoisotopic (exact) mass is 308 g/mol. The molecule has 2 aromatic rings. The van der Waals surface area contributed by atoms with Crippen molar-refractivity contribution in [2.45, 2.75) is 45.6 Å². The maximum atomic E-state index is 10.6. The summed E-state index contributed by atoms with van der Waals surface area (Å²) in [6.07, 6.45) is -0.592. The van der Waals surface area contributed by atoms with Crippen LogP contribution in [0.2, 0.25) is 4.34 Å². The molecule has 0 radical (unpaired) electrons. The van der Waals surface area contributed by atoms with Gasteiger partial charge in [-0.1, -0.05) is 57.5 Å². The van der Waals surface area contributed by atoms with Crippen molar-refractivity contribution in [3.63, 3.8) is 0 Å². The van der Waals surface area contributed by atoms with Gasteiger partial charge in [-0.2, -0.15) is 0 Å². The van der Waals surface area contributed by atoms with Gasteiger partial charge in [-0.3, -0.25) is 0 Å². The fraction of sp³-hybridized carbons (Fsp3) is 0.412. The number of benzene rings is 1. The van der Waals surface area contributed by atoms with E-state index < -0.39 is 6.10 Å². The molecule has 1 aromatic carbocycles. The van der Waals surface area contributed by atoms with Crippen LogP contribution >= 0.6 is 22.9 Å². The number of thiophene rings is 1. The van der Waals surface area contributed by atoms with E-state index in [0.717, 1.165) is 10.4 Å². The molecule has 3 heteroatoms. The average molecular weight is 309 g/mol. The van der Waals surface area contributed by atoms with E-state index in [9.17, 15) is 5.11 Å². The third-order valence-electron chi connectivity index (χ3n) is 3.56. The largest absolute Gasteiger partial charge is 0.383 e. The first kappa shape index (κ1) is 15.6. The molecule has 0 bridgehead atoms. The molecule has 0 amide bonds. The lowest BCUT2D eigenvalue weighted by Crippen LogP contribution is -2.05. The van der Waals surface area contributed by atoms with E-state index in [1.807, 2.05) is 12.1 Å². The van der Waals surface area contributed by atoms with Gasteiger partial charge in [0.1, 0.15) is 6.10 Å². The van der Waals surface area contributed by atoms with Crippen LogP contribution in [0, 0.1) is 0 Å². The molecule has 1 unspecified atom stereocenters. The first-order valence-electron chi connectivity index (χ1n) is 6.97. The van der Waals surface area contributed by atoms with Crippen LogP contribution in [0.5, 0.6) is 0 Å². The molecule has 0 fully saturated rings. The summed E-state index contributed by atoms with van der Waals surface area (Å²) in [5, 5.41) is 10.6. The van der Waals surface area contributed by atoms with Crippen molar-refractivity contribution in [1.82, 2.24) is 0 Å². The third-order valence-corrected chi connectivity index (χ3v) is 4.84. The van der Waals surface area contributed by atoms with E-state index in [1.54, 1.807) is 0 Å². The summed E-state index contributed by atoms with van der Waals surface area (Å²) in [6, 6.07) is 10.1. The van der Waals surface area contributed by atoms with Gasteiger partial charge in [0.2, 0.25) is 0 Å². The molecule has 20 heavy (non-hydrogen) atoms. The van der Waals surface area contributed by atoms with Crippen LogP contribution in [0.3, 0.4) is 0 Å². The van der Waals surface area contributed by atoms with Crippen LogP contribution in [-0.2, 0) is 0 Å². The zero-order valence-electron chi connectivity index (χ0n) is 12.4. The Labute approximate surface area is 130 Å². The van der Waals surface area contributed by atoms with Gasteiger partial charge in [0.15, 0.2) is 0 Å². The molecule has 1 aromatic heterocycles. The Morgan fingerprint density at radius 2 is 1.65 bits per heavy atom. The first-order chi connectivity index (χ1) is 9.40. The van der Waals surface area contributed by atoms with Crippen LogP contribution in [0.15, 0.2) is 30.3 Å². The van der Waals surface area contributed by atoms with E-state index in [2.05, 4.69) is 45.9 Å². The molecule has 1 N–H and O–H groups in total. The number of hydrogen-bond acceptors (Lipinski definition) is 2. The van der Waals surface area contributed by atoms with Crippen LogP contribution in [0.1, 0.15) is 67.2 Å². The second kappa shape index (κ2) is 6.30. The van der Waals surface area contributed by atoms with E-state index in [1.165, 1.54) is 22.5 Å². The van der Waals surface area contributed by atoms with E-state index >= 15 is 0 Å². The molecule has 0 saturated heterocycles. The number of halogens is 1. The van der Waals surface area contributed by atoms with Crippen LogP contribution < -0.4 is 0 Å². The number of rotatable bonds is 4. The predicted octanol–water partition coefficient (Wildman–Crippen LogP) is 5.73. The van der Waals surface area contributed by atoms with Crippen molar-refractivity contribution >= 4 is 22.9 Å². The van der Waals surface area contributed by atoms with Gasteiger partial charge in [-0.05, 0) is 40.7 Å². The van der Waals surface area contributed by atoms with Crippen molar-refractivity contribution in [2.75, 3.05) is 0 Å². The summed E-state index contributed by atoms with van der Waals surface area (Å²) in [7, 11) is 0. The minimum atomic E-state index is -0.592. The summed E-state index contributed by atoms with van der Waals surface area (Å²) < 4.78 is 0.712. The fourth-order valence-corrected chi connectivity index (χ4v) is 3.40. The molecule has 0 saturated carbocycles. The zero-order valence-corrected chi connectivity index (χ0v) is 13.9. The van der Waals surface area contributed by atoms with Gasteiger partial charge < -0.3 is 5.11 Å². The highest BCUT2D eigenvalue weighted by atomic mass is 35.5. The maximum absolute atomic E-state index is 10.6. The lowest BCUT2D eigenvalue weighted by atomic mass is 9.89. The molecule has 1 heterocycles. The van der Waals surface area contributed by atoms with Gasteiger partial charge >= 0.3 is 0 Å². The van der Waals surface area contributed by atoms with Gasteiger partial charge in [-0.15, -0.1) is 11.3 Å². The Bertz CT molecular complexity index is 586. The summed E-state index contributed by atoms with van der Waals surface area (Å²) in [4.78, 5) is 0.897. The molecule has 1 nitrogen and oxygen atoms in total. The minimum Gasteiger partial charge on any atom is -0.383 e. The fourth-order valence-electron chi connectivity index (χ4n) is 2.33. The van der Waals surface area contributed by atoms with Crippen molar-refractivity contribution < 1.29 is 5.11 Å². The molecule has 0 spiro atoms. The normalized spacial score (nSPS) is 13.2. The summed E-state index contributed by atoms with van der Waals surface area (Å²) in [5.41, 5.74) is 3.52. The van der Waals surface area contributed by atoms with Gasteiger partial charge in [0.05, 0.1) is 4.34 Å². The summed E-state index contributed by atoms with van der Waals surface area (Å²) >= 11 is 7.41. The smallest absolute Gasteiger partial charge is 0.114 e. The predicted molar refractivity (Wildman–Crippen MR) is 88.0 cm³/mol. The number of aliphatic hydroxyl groups is 1. The quantitative estimate of drug-likeness (QED) is 0.764. The molecule has 0 aliphatic carbocycles. The van der Waals surface area contributed by atoms with Crippen molar-refractivity contribution in [3.05, 3.63) is 56.2 Å². The Balaban J connectivity index is 2.45. The molecular formula is C17H21ClOS. The van der Waals surface area contributed by atoms with Crippen LogP contribution in [0.4, 0.5) is 0 Å². The van der Waals surface area contributed by atoms with E-state index in [0.29, 0.717) is 16.2 Å². The Morgan fingerprint density at radius 1 is 0.950 bits per heavy atom. The average Bonchev–Trinajstić information content (AvgIpc) is 2.83. The standard InChI is InChI=1S/C17H21ClOS/c1-10(2)12-5-6-13(14(9-12)11(3)4)17(19)15-7-8-16(18)20-15/h5-11,17,19H,1-4H3. The lowest BCUT2D eigenvalue weighted by Gasteiger charge is -2.19. The SMILES string of the molecule is CC(C)c1ccc(C(O)c2ccc(Cl)s2)c(C(C)C)c1. The van der Waals surface area contributed by atoms with Gasteiger partial charge in [-0.25, -0.2) is 0 Å². The molecule has 1 atom stereocenters. The summed E-state index contributed by atoms with van der Waals surface area (Å²) in [6.45, 7) is 8.71. The molecular weight excluding hydrogens is 288 g/mol. The van der Waals surface area contributed by atoms with Gasteiger partial charge in [0, 0.05) is 4.88 Å². The highest BCUT2D eigenvalue weighted by molar-refractivity contribution is 7.16. The number of hydrogen-bond donors (Lipinski definition) is 1. The first-order valence-corrected chi connectivity index (χ1v) is 8.16. The highest BCUT2D eigenvalue weighted by Crippen LogP contribution is 2.35. The Morgan fingerprint density at radius 3 is 2.15 bits per heavy atom. The molecule has 0 aliphatic heterocycles. The molecule has 108 valence electrons. The van der Waals surface area contributed by atoms with Crippen molar-refractivity contribution in [2.24, 2.45) is 0 Å². The van der Waals surface area contributed by atoms with E-state index in [-0.39, 0.29) is 0 Å². The van der Waals surface area contributed by atoms with E-state index in [4.69, 9.17) is 11.6 Å². The number of aliphatic hydroxyl groups excluding tert-OH is 1. The maximum Gasteiger partial charge on any atom is 0.114 e. The summed E-state index contributed by atoms with van der Waals surface area (Å²) in [5.74, 6) is 0.878. The second-order valence-corrected chi connectivity index (χ2v) is 7.49. The minimum absolute atomic E-state index is 0.383. The second-order valence-electron chi connectivity index (χ2n) is 5.74. The topological polar surface area (TPSA) is 20.2 Å².